The zero-order chi connectivity index (χ0) is 21.6. The fourth-order valence-electron chi connectivity index (χ4n) is 2.57. The molecule has 3 aromatic rings. The van der Waals surface area contributed by atoms with Crippen molar-refractivity contribution in [1.82, 2.24) is 15.5 Å². The summed E-state index contributed by atoms with van der Waals surface area (Å²) < 4.78 is 11.2. The quantitative estimate of drug-likeness (QED) is 0.389. The highest BCUT2D eigenvalue weighted by Crippen LogP contribution is 2.25. The summed E-state index contributed by atoms with van der Waals surface area (Å²) in [5.74, 6) is 1.23. The molecule has 1 aromatic heterocycles. The molecule has 0 aliphatic carbocycles. The lowest BCUT2D eigenvalue weighted by molar-refractivity contribution is -0.118. The van der Waals surface area contributed by atoms with E-state index in [1.807, 2.05) is 12.1 Å². The average Bonchev–Trinajstić information content (AvgIpc) is 3.19. The monoisotopic (exact) mass is 445 g/mol. The van der Waals surface area contributed by atoms with Crippen molar-refractivity contribution >= 4 is 29.3 Å². The maximum atomic E-state index is 12.0. The average molecular weight is 446 g/mol. The van der Waals surface area contributed by atoms with Crippen LogP contribution >= 0.6 is 23.4 Å². The number of hydrogen-bond donors (Lipinski definition) is 1. The number of halogens is 1. The molecule has 0 unspecified atom stereocenters. The molecule has 30 heavy (non-hydrogen) atoms. The summed E-state index contributed by atoms with van der Waals surface area (Å²) in [6, 6.07) is 15.1. The number of carbonyl (C=O) groups excluding carboxylic acids is 1. The summed E-state index contributed by atoms with van der Waals surface area (Å²) in [6.07, 6.45) is 0. The van der Waals surface area contributed by atoms with Gasteiger partial charge in [0, 0.05) is 10.6 Å². The molecule has 2 aromatic carbocycles. The SMILES string of the molecule is CC(C)(C)c1ccc(OCCNC(=O)CSc2nnc(-c3ccc(Cl)cc3)o2)cc1. The van der Waals surface area contributed by atoms with Crippen LogP contribution in [0.4, 0.5) is 0 Å². The van der Waals surface area contributed by atoms with Gasteiger partial charge >= 0.3 is 0 Å². The lowest BCUT2D eigenvalue weighted by Crippen LogP contribution is -2.29. The Bertz CT molecular complexity index is 967. The Morgan fingerprint density at radius 3 is 2.47 bits per heavy atom. The summed E-state index contributed by atoms with van der Waals surface area (Å²) in [4.78, 5) is 12.0. The fraction of sp³-hybridized carbons (Fsp3) is 0.318. The standard InChI is InChI=1S/C22H24ClN3O3S/c1-22(2,3)16-6-10-18(11-7-16)28-13-12-24-19(27)14-30-21-26-25-20(29-21)15-4-8-17(23)9-5-15/h4-11H,12-14H2,1-3H3,(H,24,27). The molecule has 1 heterocycles. The molecule has 0 aliphatic rings. The molecule has 0 saturated heterocycles. The van der Waals surface area contributed by atoms with Crippen molar-refractivity contribution in [1.29, 1.82) is 0 Å². The number of benzene rings is 2. The second-order valence-corrected chi connectivity index (χ2v) is 9.00. The number of nitrogens with zero attached hydrogens (tertiary/aromatic N) is 2. The maximum absolute atomic E-state index is 12.0. The highest BCUT2D eigenvalue weighted by Gasteiger charge is 2.13. The van der Waals surface area contributed by atoms with Crippen molar-refractivity contribution in [2.45, 2.75) is 31.4 Å². The lowest BCUT2D eigenvalue weighted by atomic mass is 9.87. The van der Waals surface area contributed by atoms with Gasteiger partial charge in [-0.05, 0) is 47.4 Å². The highest BCUT2D eigenvalue weighted by molar-refractivity contribution is 7.99. The van der Waals surface area contributed by atoms with Gasteiger partial charge in [0.15, 0.2) is 0 Å². The largest absolute Gasteiger partial charge is 0.492 e. The zero-order valence-corrected chi connectivity index (χ0v) is 18.7. The minimum atomic E-state index is -0.127. The topological polar surface area (TPSA) is 77.2 Å². The summed E-state index contributed by atoms with van der Waals surface area (Å²) in [6.45, 7) is 7.32. The molecule has 0 aliphatic heterocycles. The smallest absolute Gasteiger partial charge is 0.277 e. The number of amides is 1. The van der Waals surface area contributed by atoms with Gasteiger partial charge in [0.25, 0.3) is 5.22 Å². The highest BCUT2D eigenvalue weighted by atomic mass is 35.5. The van der Waals surface area contributed by atoms with Crippen LogP contribution in [-0.4, -0.2) is 35.0 Å². The van der Waals surface area contributed by atoms with E-state index in [1.54, 1.807) is 24.3 Å². The van der Waals surface area contributed by atoms with Gasteiger partial charge in [0.2, 0.25) is 11.8 Å². The lowest BCUT2D eigenvalue weighted by Gasteiger charge is -2.19. The number of nitrogens with one attached hydrogen (secondary N) is 1. The van der Waals surface area contributed by atoms with E-state index in [1.165, 1.54) is 17.3 Å². The molecule has 0 fully saturated rings. The van der Waals surface area contributed by atoms with E-state index in [0.717, 1.165) is 11.3 Å². The molecule has 1 amide bonds. The van der Waals surface area contributed by atoms with Gasteiger partial charge < -0.3 is 14.5 Å². The van der Waals surface area contributed by atoms with E-state index in [0.29, 0.717) is 29.3 Å². The molecule has 0 spiro atoms. The Labute approximate surface area is 185 Å². The van der Waals surface area contributed by atoms with E-state index >= 15 is 0 Å². The Hall–Kier alpha value is -2.51. The number of thioether (sulfide) groups is 1. The van der Waals surface area contributed by atoms with Crippen LogP contribution in [0.5, 0.6) is 5.75 Å². The molecule has 8 heteroatoms. The molecular weight excluding hydrogens is 422 g/mol. The second-order valence-electron chi connectivity index (χ2n) is 7.64. The number of aromatic nitrogens is 2. The third-order valence-electron chi connectivity index (χ3n) is 4.24. The molecule has 0 atom stereocenters. The predicted molar refractivity (Wildman–Crippen MR) is 119 cm³/mol. The molecule has 0 saturated carbocycles. The summed E-state index contributed by atoms with van der Waals surface area (Å²) >= 11 is 7.06. The van der Waals surface area contributed by atoms with E-state index in [4.69, 9.17) is 20.8 Å². The number of ether oxygens (including phenoxy) is 1. The first-order valence-corrected chi connectivity index (χ1v) is 10.9. The van der Waals surface area contributed by atoms with E-state index < -0.39 is 0 Å². The van der Waals surface area contributed by atoms with Gasteiger partial charge in [-0.1, -0.05) is 56.3 Å². The van der Waals surface area contributed by atoms with Crippen LogP contribution < -0.4 is 10.1 Å². The fourth-order valence-corrected chi connectivity index (χ4v) is 3.29. The normalized spacial score (nSPS) is 11.3. The molecule has 1 N–H and O–H groups in total. The summed E-state index contributed by atoms with van der Waals surface area (Å²) in [5, 5.41) is 11.7. The van der Waals surface area contributed by atoms with Crippen LogP contribution in [0.3, 0.4) is 0 Å². The van der Waals surface area contributed by atoms with Gasteiger partial charge in [-0.25, -0.2) is 0 Å². The van der Waals surface area contributed by atoms with Crippen LogP contribution in [0.25, 0.3) is 11.5 Å². The van der Waals surface area contributed by atoms with Crippen LogP contribution in [0.1, 0.15) is 26.3 Å². The third kappa shape index (κ3) is 6.50. The van der Waals surface area contributed by atoms with Crippen molar-refractivity contribution in [3.05, 3.63) is 59.1 Å². The first-order chi connectivity index (χ1) is 14.3. The molecular formula is C22H24ClN3O3S. The maximum Gasteiger partial charge on any atom is 0.277 e. The number of rotatable bonds is 8. The van der Waals surface area contributed by atoms with E-state index in [-0.39, 0.29) is 17.1 Å². The van der Waals surface area contributed by atoms with Gasteiger partial charge in [-0.15, -0.1) is 10.2 Å². The van der Waals surface area contributed by atoms with Crippen molar-refractivity contribution in [3.63, 3.8) is 0 Å². The van der Waals surface area contributed by atoms with Gasteiger partial charge in [-0.3, -0.25) is 4.79 Å². The number of hydrogen-bond acceptors (Lipinski definition) is 6. The van der Waals surface area contributed by atoms with Crippen LogP contribution in [0.15, 0.2) is 58.2 Å². The third-order valence-corrected chi connectivity index (χ3v) is 5.31. The van der Waals surface area contributed by atoms with E-state index in [9.17, 15) is 4.79 Å². The molecule has 6 nitrogen and oxygen atoms in total. The van der Waals surface area contributed by atoms with Crippen molar-refractivity contribution in [2.75, 3.05) is 18.9 Å². The Balaban J connectivity index is 1.37. The number of carbonyl (C=O) groups is 1. The van der Waals surface area contributed by atoms with Crippen LogP contribution in [0.2, 0.25) is 5.02 Å². The summed E-state index contributed by atoms with van der Waals surface area (Å²) in [7, 11) is 0. The van der Waals surface area contributed by atoms with Gasteiger partial charge in [0.1, 0.15) is 12.4 Å². The Morgan fingerprint density at radius 2 is 1.80 bits per heavy atom. The van der Waals surface area contributed by atoms with E-state index in [2.05, 4.69) is 48.4 Å². The van der Waals surface area contributed by atoms with Crippen molar-refractivity contribution < 1.29 is 13.9 Å². The van der Waals surface area contributed by atoms with Gasteiger partial charge in [0.05, 0.1) is 12.3 Å². The summed E-state index contributed by atoms with van der Waals surface area (Å²) in [5.41, 5.74) is 2.13. The minimum Gasteiger partial charge on any atom is -0.492 e. The van der Waals surface area contributed by atoms with Crippen molar-refractivity contribution in [2.24, 2.45) is 0 Å². The minimum absolute atomic E-state index is 0.109. The predicted octanol–water partition coefficient (Wildman–Crippen LogP) is 4.97. The van der Waals surface area contributed by atoms with Crippen LogP contribution in [0, 0.1) is 0 Å². The molecule has 3 rings (SSSR count). The first-order valence-electron chi connectivity index (χ1n) is 9.53. The Kier molecular flexibility index (Phi) is 7.39. The first kappa shape index (κ1) is 22.2. The second kappa shape index (κ2) is 10.00. The molecule has 158 valence electrons. The van der Waals surface area contributed by atoms with Gasteiger partial charge in [-0.2, -0.15) is 0 Å². The molecule has 0 radical (unpaired) electrons. The zero-order valence-electron chi connectivity index (χ0n) is 17.1. The van der Waals surface area contributed by atoms with Crippen molar-refractivity contribution in [3.8, 4) is 17.2 Å². The molecule has 0 bridgehead atoms. The van der Waals surface area contributed by atoms with Crippen LogP contribution in [-0.2, 0) is 10.2 Å². The Morgan fingerprint density at radius 1 is 1.10 bits per heavy atom.